The molecule has 1 aromatic heterocycles. The minimum Gasteiger partial charge on any atom is -0.370 e. The summed E-state index contributed by atoms with van der Waals surface area (Å²) >= 11 is 0. The third kappa shape index (κ3) is 4.40. The lowest BCUT2D eigenvalue weighted by Crippen LogP contribution is -2.38. The smallest absolute Gasteiger partial charge is 0.252 e. The maximum absolute atomic E-state index is 11.5. The molecule has 8 heteroatoms. The van der Waals surface area contributed by atoms with Gasteiger partial charge in [-0.05, 0) is 31.6 Å². The Labute approximate surface area is 159 Å². The molecule has 0 aliphatic carbocycles. The quantitative estimate of drug-likeness (QED) is 0.416. The van der Waals surface area contributed by atoms with Crippen molar-refractivity contribution >= 4 is 35.8 Å². The average Bonchev–Trinajstić information content (AvgIpc) is 2.77. The normalized spacial score (nSPS) is 21.6. The highest BCUT2D eigenvalue weighted by Gasteiger charge is 2.24. The van der Waals surface area contributed by atoms with Gasteiger partial charge in [-0.1, -0.05) is 12.8 Å². The Morgan fingerprint density at radius 2 is 1.92 bits per heavy atom. The monoisotopic (exact) mass is 446 g/mol. The maximum atomic E-state index is 11.5. The Hall–Kier alpha value is -1.32. The number of aryl methyl sites for hydroxylation is 1. The van der Waals surface area contributed by atoms with Crippen molar-refractivity contribution in [2.45, 2.75) is 45.1 Å². The number of halogens is 1. The molecule has 0 saturated carbocycles. The Balaban J connectivity index is 0.00000208. The van der Waals surface area contributed by atoms with E-state index in [4.69, 9.17) is 11.5 Å². The fourth-order valence-corrected chi connectivity index (χ4v) is 3.48. The number of amides is 1. The minimum atomic E-state index is -0.403. The first kappa shape index (κ1) is 19.0. The van der Waals surface area contributed by atoms with Crippen LogP contribution in [-0.4, -0.2) is 46.2 Å². The van der Waals surface area contributed by atoms with Gasteiger partial charge in [0.2, 0.25) is 0 Å². The number of primary amides is 1. The number of nitrogens with two attached hydrogens (primary N) is 2. The molecule has 0 aromatic carbocycles. The number of rotatable bonds is 3. The van der Waals surface area contributed by atoms with E-state index in [0.717, 1.165) is 38.2 Å². The van der Waals surface area contributed by atoms with Crippen LogP contribution < -0.4 is 11.5 Å². The Kier molecular flexibility index (Phi) is 6.88. The standard InChI is InChI=1S/C16H26N6O.HI/c17-15(23)13-11-20-22-8-5-12(9-14(13)22)10-19-16(18)21-6-3-1-2-4-7-21;/h11-12H,1-10H2,(H2,17,23)(H2,18,19);1H. The van der Waals surface area contributed by atoms with Crippen LogP contribution in [0.25, 0.3) is 0 Å². The van der Waals surface area contributed by atoms with Gasteiger partial charge in [0.1, 0.15) is 0 Å². The van der Waals surface area contributed by atoms with E-state index >= 15 is 0 Å². The molecule has 2 aliphatic rings. The lowest BCUT2D eigenvalue weighted by atomic mass is 9.94. The molecule has 3 heterocycles. The summed E-state index contributed by atoms with van der Waals surface area (Å²) in [5.74, 6) is 0.656. The number of aromatic nitrogens is 2. The molecule has 3 rings (SSSR count). The number of guanidine groups is 1. The fraction of sp³-hybridized carbons (Fsp3) is 0.688. The summed E-state index contributed by atoms with van der Waals surface area (Å²) in [6, 6.07) is 0. The lowest BCUT2D eigenvalue weighted by molar-refractivity contribution is 0.0998. The summed E-state index contributed by atoms with van der Waals surface area (Å²) < 4.78 is 1.89. The summed E-state index contributed by atoms with van der Waals surface area (Å²) in [7, 11) is 0. The highest BCUT2D eigenvalue weighted by Crippen LogP contribution is 2.23. The van der Waals surface area contributed by atoms with Crippen LogP contribution in [0.1, 0.15) is 48.2 Å². The first-order chi connectivity index (χ1) is 11.1. The van der Waals surface area contributed by atoms with Crippen LogP contribution in [0.15, 0.2) is 11.2 Å². The number of aliphatic imine (C=N–C) groups is 1. The van der Waals surface area contributed by atoms with E-state index in [1.807, 2.05) is 4.68 Å². The fourth-order valence-electron chi connectivity index (χ4n) is 3.48. The molecule has 1 unspecified atom stereocenters. The van der Waals surface area contributed by atoms with Gasteiger partial charge >= 0.3 is 0 Å². The van der Waals surface area contributed by atoms with Crippen molar-refractivity contribution in [1.82, 2.24) is 14.7 Å². The van der Waals surface area contributed by atoms with Crippen molar-refractivity contribution in [3.8, 4) is 0 Å². The number of carbonyl (C=O) groups excluding carboxylic acids is 1. The second-order valence-electron chi connectivity index (χ2n) is 6.55. The van der Waals surface area contributed by atoms with Gasteiger partial charge in [0.25, 0.3) is 5.91 Å². The van der Waals surface area contributed by atoms with Crippen LogP contribution in [0.2, 0.25) is 0 Å². The summed E-state index contributed by atoms with van der Waals surface area (Å²) in [5.41, 5.74) is 13.1. The highest BCUT2D eigenvalue weighted by atomic mass is 127. The van der Waals surface area contributed by atoms with Crippen molar-refractivity contribution in [1.29, 1.82) is 0 Å². The van der Waals surface area contributed by atoms with Gasteiger partial charge in [-0.25, -0.2) is 0 Å². The second kappa shape index (κ2) is 8.68. The van der Waals surface area contributed by atoms with Gasteiger partial charge in [0, 0.05) is 26.2 Å². The maximum Gasteiger partial charge on any atom is 0.252 e. The van der Waals surface area contributed by atoms with Gasteiger partial charge in [-0.15, -0.1) is 24.0 Å². The van der Waals surface area contributed by atoms with Gasteiger partial charge in [0.15, 0.2) is 5.96 Å². The predicted octanol–water partition coefficient (Wildman–Crippen LogP) is 1.35. The van der Waals surface area contributed by atoms with E-state index in [1.165, 1.54) is 25.7 Å². The number of nitrogens with zero attached hydrogens (tertiary/aromatic N) is 4. The molecule has 0 spiro atoms. The van der Waals surface area contributed by atoms with Crippen LogP contribution in [-0.2, 0) is 13.0 Å². The van der Waals surface area contributed by atoms with Crippen LogP contribution in [0.3, 0.4) is 0 Å². The first-order valence-electron chi connectivity index (χ1n) is 8.54. The summed E-state index contributed by atoms with van der Waals surface area (Å²) in [6.45, 7) is 3.54. The third-order valence-electron chi connectivity index (χ3n) is 4.89. The predicted molar refractivity (Wildman–Crippen MR) is 105 cm³/mol. The van der Waals surface area contributed by atoms with Crippen LogP contribution in [0.5, 0.6) is 0 Å². The van der Waals surface area contributed by atoms with Crippen LogP contribution in [0.4, 0.5) is 0 Å². The van der Waals surface area contributed by atoms with Gasteiger partial charge in [-0.2, -0.15) is 5.10 Å². The van der Waals surface area contributed by atoms with E-state index in [1.54, 1.807) is 6.20 Å². The van der Waals surface area contributed by atoms with Crippen molar-refractivity contribution in [3.05, 3.63) is 17.5 Å². The molecule has 1 amide bonds. The number of hydrogen-bond donors (Lipinski definition) is 2. The van der Waals surface area contributed by atoms with E-state index in [-0.39, 0.29) is 24.0 Å². The van der Waals surface area contributed by atoms with Crippen molar-refractivity contribution < 1.29 is 4.79 Å². The van der Waals surface area contributed by atoms with Crippen molar-refractivity contribution in [3.63, 3.8) is 0 Å². The molecule has 1 aromatic rings. The summed E-state index contributed by atoms with van der Waals surface area (Å²) in [6.07, 6.45) is 8.33. The highest BCUT2D eigenvalue weighted by molar-refractivity contribution is 14.0. The van der Waals surface area contributed by atoms with E-state index in [0.29, 0.717) is 24.0 Å². The minimum absolute atomic E-state index is 0. The average molecular weight is 446 g/mol. The zero-order valence-electron chi connectivity index (χ0n) is 14.0. The molecule has 7 nitrogen and oxygen atoms in total. The van der Waals surface area contributed by atoms with Gasteiger partial charge < -0.3 is 16.4 Å². The first-order valence-corrected chi connectivity index (χ1v) is 8.54. The molecule has 0 bridgehead atoms. The number of likely N-dealkylation sites (tertiary alicyclic amines) is 1. The van der Waals surface area contributed by atoms with Crippen molar-refractivity contribution in [2.75, 3.05) is 19.6 Å². The molecule has 2 aliphatic heterocycles. The zero-order valence-corrected chi connectivity index (χ0v) is 16.3. The molecule has 0 radical (unpaired) electrons. The molecule has 1 atom stereocenters. The Bertz CT molecular complexity index is 591. The molecule has 1 fully saturated rings. The molecular formula is C16H27IN6O. The summed E-state index contributed by atoms with van der Waals surface area (Å²) in [5, 5.41) is 4.24. The van der Waals surface area contributed by atoms with Gasteiger partial charge in [0.05, 0.1) is 17.5 Å². The number of carbonyl (C=O) groups is 1. The third-order valence-corrected chi connectivity index (χ3v) is 4.89. The number of fused-ring (bicyclic) bond motifs is 1. The largest absolute Gasteiger partial charge is 0.370 e. The Morgan fingerprint density at radius 3 is 2.58 bits per heavy atom. The van der Waals surface area contributed by atoms with Gasteiger partial charge in [-0.3, -0.25) is 14.5 Å². The van der Waals surface area contributed by atoms with E-state index < -0.39 is 5.91 Å². The molecule has 1 saturated heterocycles. The molecule has 4 N–H and O–H groups in total. The second-order valence-corrected chi connectivity index (χ2v) is 6.55. The van der Waals surface area contributed by atoms with E-state index in [9.17, 15) is 4.79 Å². The lowest BCUT2D eigenvalue weighted by Gasteiger charge is -2.24. The molecule has 24 heavy (non-hydrogen) atoms. The van der Waals surface area contributed by atoms with Crippen LogP contribution in [0, 0.1) is 5.92 Å². The van der Waals surface area contributed by atoms with E-state index in [2.05, 4.69) is 15.0 Å². The number of hydrogen-bond acceptors (Lipinski definition) is 3. The topological polar surface area (TPSA) is 103 Å². The molecular weight excluding hydrogens is 419 g/mol. The zero-order chi connectivity index (χ0) is 16.2. The van der Waals surface area contributed by atoms with Crippen molar-refractivity contribution in [2.24, 2.45) is 22.4 Å². The summed E-state index contributed by atoms with van der Waals surface area (Å²) in [4.78, 5) is 18.3. The Morgan fingerprint density at radius 1 is 1.21 bits per heavy atom. The van der Waals surface area contributed by atoms with Crippen LogP contribution >= 0.6 is 24.0 Å². The molecule has 134 valence electrons. The SMILES string of the molecule is I.NC(=O)c1cnn2c1CC(CN=C(N)N1CCCCCC1)CC2.